The SMILES string of the molecule is Fc1cnn2ccc(Br)c(F)c12. The zero-order chi connectivity index (χ0) is 8.72. The molecule has 0 spiro atoms. The summed E-state index contributed by atoms with van der Waals surface area (Å²) in [5.41, 5.74) is -0.135. The molecule has 62 valence electrons. The molecule has 2 nitrogen and oxygen atoms in total. The zero-order valence-corrected chi connectivity index (χ0v) is 7.35. The van der Waals surface area contributed by atoms with E-state index in [2.05, 4.69) is 21.0 Å². The van der Waals surface area contributed by atoms with Crippen molar-refractivity contribution in [1.29, 1.82) is 0 Å². The Hall–Kier alpha value is -0.970. The summed E-state index contributed by atoms with van der Waals surface area (Å²) in [6, 6.07) is 1.47. The van der Waals surface area contributed by atoms with Gasteiger partial charge in [-0.3, -0.25) is 0 Å². The lowest BCUT2D eigenvalue weighted by molar-refractivity contribution is 0.599. The fourth-order valence-electron chi connectivity index (χ4n) is 0.982. The Balaban J connectivity index is 2.96. The van der Waals surface area contributed by atoms with E-state index in [0.717, 1.165) is 10.7 Å². The van der Waals surface area contributed by atoms with Gasteiger partial charge in [0.2, 0.25) is 0 Å². The minimum atomic E-state index is -0.659. The smallest absolute Gasteiger partial charge is 0.171 e. The Morgan fingerprint density at radius 3 is 2.92 bits per heavy atom. The van der Waals surface area contributed by atoms with Crippen molar-refractivity contribution in [3.8, 4) is 0 Å². The normalized spacial score (nSPS) is 10.9. The molecule has 2 rings (SSSR count). The van der Waals surface area contributed by atoms with Gasteiger partial charge in [-0.05, 0) is 22.0 Å². The second kappa shape index (κ2) is 2.52. The molecule has 0 saturated heterocycles. The molecule has 0 saturated carbocycles. The van der Waals surface area contributed by atoms with E-state index in [1.807, 2.05) is 0 Å². The van der Waals surface area contributed by atoms with Crippen LogP contribution >= 0.6 is 15.9 Å². The molecule has 12 heavy (non-hydrogen) atoms. The van der Waals surface area contributed by atoms with Crippen molar-refractivity contribution in [3.05, 3.63) is 34.6 Å². The molecule has 5 heteroatoms. The highest BCUT2D eigenvalue weighted by Gasteiger charge is 2.10. The average molecular weight is 233 g/mol. The monoisotopic (exact) mass is 232 g/mol. The van der Waals surface area contributed by atoms with Crippen molar-refractivity contribution in [2.24, 2.45) is 0 Å². The molecular formula is C7H3BrF2N2. The van der Waals surface area contributed by atoms with E-state index in [4.69, 9.17) is 0 Å². The highest BCUT2D eigenvalue weighted by Crippen LogP contribution is 2.20. The summed E-state index contributed by atoms with van der Waals surface area (Å²) in [6.45, 7) is 0. The van der Waals surface area contributed by atoms with E-state index in [9.17, 15) is 8.78 Å². The largest absolute Gasteiger partial charge is 0.235 e. The van der Waals surface area contributed by atoms with Crippen LogP contribution in [0.1, 0.15) is 0 Å². The first-order chi connectivity index (χ1) is 5.70. The number of aromatic nitrogens is 2. The average Bonchev–Trinajstić information content (AvgIpc) is 2.41. The summed E-state index contributed by atoms with van der Waals surface area (Å²) in [6.07, 6.45) is 2.45. The number of rotatable bonds is 0. The van der Waals surface area contributed by atoms with Crippen LogP contribution in [0.15, 0.2) is 22.9 Å². The Labute approximate surface area is 74.9 Å². The van der Waals surface area contributed by atoms with Gasteiger partial charge in [0, 0.05) is 6.20 Å². The third-order valence-corrected chi connectivity index (χ3v) is 2.14. The molecule has 0 aromatic carbocycles. The van der Waals surface area contributed by atoms with Crippen LogP contribution in [-0.4, -0.2) is 9.61 Å². The first-order valence-electron chi connectivity index (χ1n) is 3.17. The first kappa shape index (κ1) is 7.67. The molecule has 0 N–H and O–H groups in total. The molecule has 0 fully saturated rings. The molecule has 2 heterocycles. The summed E-state index contributed by atoms with van der Waals surface area (Å²) < 4.78 is 27.4. The number of halogens is 3. The molecule has 2 aromatic heterocycles. The van der Waals surface area contributed by atoms with Gasteiger partial charge in [0.25, 0.3) is 0 Å². The summed E-state index contributed by atoms with van der Waals surface area (Å²) in [4.78, 5) is 0. The maximum atomic E-state index is 13.1. The van der Waals surface area contributed by atoms with Crippen LogP contribution in [0.2, 0.25) is 0 Å². The number of nitrogens with zero attached hydrogens (tertiary/aromatic N) is 2. The van der Waals surface area contributed by atoms with E-state index >= 15 is 0 Å². The fourth-order valence-corrected chi connectivity index (χ4v) is 1.29. The quantitative estimate of drug-likeness (QED) is 0.682. The highest BCUT2D eigenvalue weighted by atomic mass is 79.9. The summed E-state index contributed by atoms with van der Waals surface area (Å²) in [5, 5.41) is 3.60. The van der Waals surface area contributed by atoms with Crippen molar-refractivity contribution < 1.29 is 8.78 Å². The van der Waals surface area contributed by atoms with Crippen molar-refractivity contribution in [2.75, 3.05) is 0 Å². The lowest BCUT2D eigenvalue weighted by Crippen LogP contribution is -1.90. The van der Waals surface area contributed by atoms with Gasteiger partial charge in [0.15, 0.2) is 11.6 Å². The van der Waals surface area contributed by atoms with Crippen LogP contribution < -0.4 is 0 Å². The standard InChI is InChI=1S/C7H3BrF2N2/c8-4-1-2-12-7(6(4)10)5(9)3-11-12/h1-3H. The van der Waals surface area contributed by atoms with Crippen LogP contribution in [0, 0.1) is 11.6 Å². The number of hydrogen-bond acceptors (Lipinski definition) is 1. The molecule has 2 aromatic rings. The van der Waals surface area contributed by atoms with Gasteiger partial charge in [0.05, 0.1) is 10.7 Å². The van der Waals surface area contributed by atoms with Crippen LogP contribution in [0.4, 0.5) is 8.78 Å². The fraction of sp³-hybridized carbons (Fsp3) is 0. The molecule has 0 amide bonds. The predicted molar refractivity (Wildman–Crippen MR) is 42.8 cm³/mol. The Morgan fingerprint density at radius 1 is 1.42 bits per heavy atom. The summed E-state index contributed by atoms with van der Waals surface area (Å²) in [7, 11) is 0. The molecule has 0 aliphatic heterocycles. The van der Waals surface area contributed by atoms with Crippen LogP contribution in [-0.2, 0) is 0 Å². The third-order valence-electron chi connectivity index (χ3n) is 1.53. The third kappa shape index (κ3) is 0.929. The zero-order valence-electron chi connectivity index (χ0n) is 5.76. The van der Waals surface area contributed by atoms with Crippen LogP contribution in [0.25, 0.3) is 5.52 Å². The predicted octanol–water partition coefficient (Wildman–Crippen LogP) is 2.38. The highest BCUT2D eigenvalue weighted by molar-refractivity contribution is 9.10. The van der Waals surface area contributed by atoms with E-state index in [0.29, 0.717) is 0 Å². The minimum absolute atomic E-state index is 0.135. The van der Waals surface area contributed by atoms with E-state index in [-0.39, 0.29) is 9.99 Å². The van der Waals surface area contributed by atoms with Crippen molar-refractivity contribution in [2.45, 2.75) is 0 Å². The lowest BCUT2D eigenvalue weighted by atomic mass is 10.4. The van der Waals surface area contributed by atoms with Gasteiger partial charge in [0.1, 0.15) is 5.52 Å². The minimum Gasteiger partial charge on any atom is -0.235 e. The van der Waals surface area contributed by atoms with Crippen molar-refractivity contribution >= 4 is 21.4 Å². The summed E-state index contributed by atoms with van der Waals surface area (Å²) in [5.74, 6) is -1.29. The Bertz CT molecular complexity index is 438. The van der Waals surface area contributed by atoms with Gasteiger partial charge in [-0.2, -0.15) is 5.10 Å². The van der Waals surface area contributed by atoms with Crippen LogP contribution in [0.3, 0.4) is 0 Å². The molecule has 0 aliphatic carbocycles. The molecule has 0 unspecified atom stereocenters. The maximum absolute atomic E-state index is 13.1. The molecule has 0 radical (unpaired) electrons. The lowest BCUT2D eigenvalue weighted by Gasteiger charge is -1.96. The van der Waals surface area contributed by atoms with Gasteiger partial charge in [-0.15, -0.1) is 0 Å². The van der Waals surface area contributed by atoms with Crippen molar-refractivity contribution in [1.82, 2.24) is 9.61 Å². The Kier molecular flexibility index (Phi) is 1.61. The van der Waals surface area contributed by atoms with Crippen LogP contribution in [0.5, 0.6) is 0 Å². The van der Waals surface area contributed by atoms with Crippen molar-refractivity contribution in [3.63, 3.8) is 0 Å². The molecular weight excluding hydrogens is 230 g/mol. The molecule has 0 atom stereocenters. The number of pyridine rings is 1. The van der Waals surface area contributed by atoms with E-state index in [1.165, 1.54) is 12.3 Å². The van der Waals surface area contributed by atoms with Gasteiger partial charge in [-0.25, -0.2) is 13.3 Å². The topological polar surface area (TPSA) is 17.3 Å². The number of hydrogen-bond donors (Lipinski definition) is 0. The molecule has 0 bridgehead atoms. The molecule has 0 aliphatic rings. The van der Waals surface area contributed by atoms with E-state index in [1.54, 1.807) is 0 Å². The second-order valence-electron chi connectivity index (χ2n) is 2.26. The van der Waals surface area contributed by atoms with Gasteiger partial charge < -0.3 is 0 Å². The summed E-state index contributed by atoms with van der Waals surface area (Å²) >= 11 is 2.95. The first-order valence-corrected chi connectivity index (χ1v) is 3.96. The van der Waals surface area contributed by atoms with E-state index < -0.39 is 11.6 Å². The van der Waals surface area contributed by atoms with Gasteiger partial charge >= 0.3 is 0 Å². The number of fused-ring (bicyclic) bond motifs is 1. The Morgan fingerprint density at radius 2 is 2.17 bits per heavy atom. The second-order valence-corrected chi connectivity index (χ2v) is 3.12. The van der Waals surface area contributed by atoms with Gasteiger partial charge in [-0.1, -0.05) is 0 Å². The maximum Gasteiger partial charge on any atom is 0.171 e.